The molecule has 0 aromatic rings. The highest BCUT2D eigenvalue weighted by Crippen LogP contribution is 2.23. The number of hydrogen-bond donors (Lipinski definition) is 4. The van der Waals surface area contributed by atoms with E-state index in [2.05, 4.69) is 24.5 Å². The summed E-state index contributed by atoms with van der Waals surface area (Å²) in [5.41, 5.74) is 0. The molecule has 2 atom stereocenters. The molecule has 222 valence electrons. The fraction of sp³-hybridized carbons (Fsp3) is 0.857. The van der Waals surface area contributed by atoms with E-state index >= 15 is 0 Å². The number of aliphatic carboxylic acids is 2. The van der Waals surface area contributed by atoms with Gasteiger partial charge >= 0.3 is 11.9 Å². The number of amides is 2. The number of carbonyl (C=O) groups excluding carboxylic acids is 2. The summed E-state index contributed by atoms with van der Waals surface area (Å²) in [4.78, 5) is 47.4. The molecule has 0 bridgehead atoms. The third-order valence-corrected chi connectivity index (χ3v) is 8.76. The van der Waals surface area contributed by atoms with Crippen LogP contribution in [0, 0.1) is 0 Å². The number of carboxylic acid groups (broad SMARTS) is 2. The Morgan fingerprint density at radius 3 is 1.11 bits per heavy atom. The molecule has 0 saturated heterocycles. The average molecular weight is 577 g/mol. The third kappa shape index (κ3) is 22.6. The van der Waals surface area contributed by atoms with E-state index < -0.39 is 24.0 Å². The average Bonchev–Trinajstić information content (AvgIpc) is 2.87. The molecule has 4 N–H and O–H groups in total. The lowest BCUT2D eigenvalue weighted by Gasteiger charge is -2.16. The number of nitrogens with one attached hydrogen (secondary N) is 2. The van der Waals surface area contributed by atoms with Crippen LogP contribution in [-0.2, 0) is 19.2 Å². The standard InChI is InChI=1S/C28H52N2O6S2/c1-3-5-7-9-11-13-15-17-19-25(31)29-23(27(33)34)21-37-38-22-24(28(35)36)30-26(32)20-18-16-14-12-10-8-6-4-2/h23-24H,3-22H2,1-2H3,(H,29,31)(H,30,32)(H,33,34)(H,35,36). The Morgan fingerprint density at radius 1 is 0.526 bits per heavy atom. The van der Waals surface area contributed by atoms with Crippen molar-refractivity contribution in [2.24, 2.45) is 0 Å². The van der Waals surface area contributed by atoms with E-state index in [-0.39, 0.29) is 23.3 Å². The molecule has 0 aliphatic rings. The number of rotatable bonds is 27. The number of carboxylic acids is 2. The highest BCUT2D eigenvalue weighted by Gasteiger charge is 2.22. The Morgan fingerprint density at radius 2 is 0.816 bits per heavy atom. The second-order valence-corrected chi connectivity index (χ2v) is 12.5. The maximum atomic E-state index is 12.2. The Balaban J connectivity index is 4.10. The molecular weight excluding hydrogens is 524 g/mol. The zero-order chi connectivity index (χ0) is 28.4. The quantitative estimate of drug-likeness (QED) is 0.0638. The summed E-state index contributed by atoms with van der Waals surface area (Å²) >= 11 is 0. The predicted octanol–water partition coefficient (Wildman–Crippen LogP) is 6.57. The summed E-state index contributed by atoms with van der Waals surface area (Å²) in [5, 5.41) is 24.0. The van der Waals surface area contributed by atoms with Gasteiger partial charge in [0, 0.05) is 24.3 Å². The van der Waals surface area contributed by atoms with Crippen LogP contribution in [0.1, 0.15) is 129 Å². The molecule has 0 aromatic heterocycles. The minimum atomic E-state index is -1.11. The predicted molar refractivity (Wildman–Crippen MR) is 159 cm³/mol. The van der Waals surface area contributed by atoms with E-state index in [4.69, 9.17) is 0 Å². The van der Waals surface area contributed by atoms with Crippen LogP contribution in [0.3, 0.4) is 0 Å². The Labute approximate surface area is 238 Å². The number of hydrogen-bond acceptors (Lipinski definition) is 6. The monoisotopic (exact) mass is 576 g/mol. The van der Waals surface area contributed by atoms with Gasteiger partial charge in [-0.05, 0) is 12.8 Å². The Bertz CT molecular complexity index is 597. The minimum absolute atomic E-state index is 0.113. The summed E-state index contributed by atoms with van der Waals surface area (Å²) < 4.78 is 0. The molecule has 0 rings (SSSR count). The van der Waals surface area contributed by atoms with Crippen molar-refractivity contribution in [2.45, 2.75) is 142 Å². The molecule has 0 spiro atoms. The molecule has 10 heteroatoms. The summed E-state index contributed by atoms with van der Waals surface area (Å²) in [7, 11) is 2.37. The van der Waals surface area contributed by atoms with Gasteiger partial charge in [0.15, 0.2) is 0 Å². The Hall–Kier alpha value is -1.42. The fourth-order valence-corrected chi connectivity index (χ4v) is 6.26. The molecule has 0 aliphatic heterocycles. The summed E-state index contributed by atoms with van der Waals surface area (Å²) in [6.45, 7) is 4.37. The molecule has 0 saturated carbocycles. The highest BCUT2D eigenvalue weighted by atomic mass is 33.1. The second-order valence-electron chi connectivity index (χ2n) is 9.94. The molecule has 2 amide bonds. The normalized spacial score (nSPS) is 12.6. The molecule has 0 fully saturated rings. The summed E-state index contributed by atoms with van der Waals surface area (Å²) in [5.74, 6) is -2.55. The molecule has 0 radical (unpaired) electrons. The minimum Gasteiger partial charge on any atom is -0.480 e. The SMILES string of the molecule is CCCCCCCCCCC(=O)NC(CSSCC(NC(=O)CCCCCCCCCC)C(=O)O)C(=O)O. The van der Waals surface area contributed by atoms with Gasteiger partial charge in [0.25, 0.3) is 0 Å². The van der Waals surface area contributed by atoms with Gasteiger partial charge in [0.05, 0.1) is 0 Å². The van der Waals surface area contributed by atoms with Gasteiger partial charge in [0.1, 0.15) is 12.1 Å². The van der Waals surface area contributed by atoms with Gasteiger partial charge in [0.2, 0.25) is 11.8 Å². The van der Waals surface area contributed by atoms with Gasteiger partial charge in [-0.1, -0.05) is 125 Å². The van der Waals surface area contributed by atoms with Crippen molar-refractivity contribution in [1.82, 2.24) is 10.6 Å². The van der Waals surface area contributed by atoms with Crippen molar-refractivity contribution >= 4 is 45.3 Å². The number of carbonyl (C=O) groups is 4. The van der Waals surface area contributed by atoms with Crippen LogP contribution in [0.2, 0.25) is 0 Å². The molecule has 8 nitrogen and oxygen atoms in total. The first-order chi connectivity index (χ1) is 18.3. The molecule has 0 aromatic carbocycles. The van der Waals surface area contributed by atoms with Gasteiger partial charge in [-0.3, -0.25) is 9.59 Å². The highest BCUT2D eigenvalue weighted by molar-refractivity contribution is 8.76. The van der Waals surface area contributed by atoms with Gasteiger partial charge in [-0.15, -0.1) is 0 Å². The van der Waals surface area contributed by atoms with Gasteiger partial charge in [-0.25, -0.2) is 9.59 Å². The van der Waals surface area contributed by atoms with Crippen LogP contribution in [0.15, 0.2) is 0 Å². The Kier molecular flexibility index (Phi) is 24.9. The molecule has 2 unspecified atom stereocenters. The van der Waals surface area contributed by atoms with Crippen LogP contribution in [0.25, 0.3) is 0 Å². The lowest BCUT2D eigenvalue weighted by Crippen LogP contribution is -2.43. The van der Waals surface area contributed by atoms with Crippen molar-refractivity contribution in [3.8, 4) is 0 Å². The van der Waals surface area contributed by atoms with Crippen LogP contribution in [0.5, 0.6) is 0 Å². The first-order valence-corrected chi connectivity index (χ1v) is 17.1. The van der Waals surface area contributed by atoms with E-state index in [9.17, 15) is 29.4 Å². The van der Waals surface area contributed by atoms with Crippen molar-refractivity contribution in [3.63, 3.8) is 0 Å². The van der Waals surface area contributed by atoms with Crippen LogP contribution >= 0.6 is 21.6 Å². The van der Waals surface area contributed by atoms with Crippen molar-refractivity contribution in [2.75, 3.05) is 11.5 Å². The summed E-state index contributed by atoms with van der Waals surface area (Å²) in [6, 6.07) is -2.07. The van der Waals surface area contributed by atoms with Gasteiger partial charge < -0.3 is 20.8 Å². The summed E-state index contributed by atoms with van der Waals surface area (Å²) in [6.07, 6.45) is 18.5. The van der Waals surface area contributed by atoms with E-state index in [0.29, 0.717) is 12.8 Å². The van der Waals surface area contributed by atoms with E-state index in [1.54, 1.807) is 0 Å². The second kappa shape index (κ2) is 25.8. The van der Waals surface area contributed by atoms with Crippen molar-refractivity contribution in [3.05, 3.63) is 0 Å². The largest absolute Gasteiger partial charge is 0.480 e. The molecular formula is C28H52N2O6S2. The van der Waals surface area contributed by atoms with E-state index in [1.807, 2.05) is 0 Å². The first-order valence-electron chi connectivity index (χ1n) is 14.6. The lowest BCUT2D eigenvalue weighted by molar-refractivity contribution is -0.141. The zero-order valence-electron chi connectivity index (χ0n) is 23.6. The smallest absolute Gasteiger partial charge is 0.327 e. The van der Waals surface area contributed by atoms with Crippen molar-refractivity contribution in [1.29, 1.82) is 0 Å². The molecule has 0 heterocycles. The van der Waals surface area contributed by atoms with Crippen LogP contribution in [-0.4, -0.2) is 57.6 Å². The molecule has 38 heavy (non-hydrogen) atoms. The third-order valence-electron chi connectivity index (χ3n) is 6.33. The van der Waals surface area contributed by atoms with Crippen LogP contribution in [0.4, 0.5) is 0 Å². The fourth-order valence-electron chi connectivity index (χ4n) is 3.95. The van der Waals surface area contributed by atoms with E-state index in [0.717, 1.165) is 38.5 Å². The number of unbranched alkanes of at least 4 members (excludes halogenated alkanes) is 14. The van der Waals surface area contributed by atoms with Gasteiger partial charge in [-0.2, -0.15) is 0 Å². The van der Waals surface area contributed by atoms with E-state index in [1.165, 1.54) is 85.8 Å². The topological polar surface area (TPSA) is 133 Å². The molecule has 0 aliphatic carbocycles. The maximum absolute atomic E-state index is 12.2. The lowest BCUT2D eigenvalue weighted by atomic mass is 10.1. The zero-order valence-corrected chi connectivity index (χ0v) is 25.3. The van der Waals surface area contributed by atoms with Crippen molar-refractivity contribution < 1.29 is 29.4 Å². The van der Waals surface area contributed by atoms with Crippen LogP contribution < -0.4 is 10.6 Å². The maximum Gasteiger partial charge on any atom is 0.327 e. The first kappa shape index (κ1) is 36.6.